The Labute approximate surface area is 145 Å². The molecule has 1 amide bonds. The van der Waals surface area contributed by atoms with Crippen LogP contribution in [0.15, 0.2) is 42.5 Å². The molecule has 2 N–H and O–H groups in total. The number of rotatable bonds is 3. The van der Waals surface area contributed by atoms with Crippen molar-refractivity contribution in [3.05, 3.63) is 58.9 Å². The second kappa shape index (κ2) is 7.20. The first-order chi connectivity index (χ1) is 11.5. The summed E-state index contributed by atoms with van der Waals surface area (Å²) in [6.45, 7) is 3.91. The number of anilines is 2. The third kappa shape index (κ3) is 3.86. The SMILES string of the molecule is C[NH+]1CCN(c2ccc(Cl)cc2NC(=O)c2cccc(F)c2)CC1. The number of quaternary nitrogens is 1. The predicted molar refractivity (Wildman–Crippen MR) is 94.6 cm³/mol. The summed E-state index contributed by atoms with van der Waals surface area (Å²) in [5.41, 5.74) is 1.87. The van der Waals surface area contributed by atoms with Crippen molar-refractivity contribution < 1.29 is 14.1 Å². The molecule has 0 unspecified atom stereocenters. The smallest absolute Gasteiger partial charge is 0.255 e. The number of likely N-dealkylation sites (N-methyl/N-ethyl adjacent to an activating group) is 1. The zero-order valence-electron chi connectivity index (χ0n) is 13.5. The Hall–Kier alpha value is -2.11. The van der Waals surface area contributed by atoms with E-state index >= 15 is 0 Å². The standard InChI is InChI=1S/C18H19ClFN3O/c1-22-7-9-23(10-8-22)17-6-5-14(19)12-16(17)21-18(24)13-3-2-4-15(20)11-13/h2-6,11-12H,7-10H2,1H3,(H,21,24)/p+1. The van der Waals surface area contributed by atoms with Crippen LogP contribution >= 0.6 is 11.6 Å². The van der Waals surface area contributed by atoms with Gasteiger partial charge in [-0.25, -0.2) is 4.39 Å². The normalized spacial score (nSPS) is 15.4. The van der Waals surface area contributed by atoms with Crippen LogP contribution in [0, 0.1) is 5.82 Å². The molecule has 4 nitrogen and oxygen atoms in total. The van der Waals surface area contributed by atoms with E-state index in [4.69, 9.17) is 11.6 Å². The van der Waals surface area contributed by atoms with Crippen molar-refractivity contribution in [3.8, 4) is 0 Å². The van der Waals surface area contributed by atoms with E-state index in [1.807, 2.05) is 12.1 Å². The van der Waals surface area contributed by atoms with Gasteiger partial charge in [0.05, 0.1) is 44.6 Å². The van der Waals surface area contributed by atoms with Crippen LogP contribution in [0.1, 0.15) is 10.4 Å². The summed E-state index contributed by atoms with van der Waals surface area (Å²) in [4.78, 5) is 16.2. The molecule has 24 heavy (non-hydrogen) atoms. The van der Waals surface area contributed by atoms with Gasteiger partial charge >= 0.3 is 0 Å². The van der Waals surface area contributed by atoms with Crippen LogP contribution in [-0.4, -0.2) is 39.1 Å². The summed E-state index contributed by atoms with van der Waals surface area (Å²) in [5, 5.41) is 3.41. The molecule has 2 aromatic rings. The Morgan fingerprint density at radius 1 is 1.21 bits per heavy atom. The van der Waals surface area contributed by atoms with Crippen molar-refractivity contribution >= 4 is 28.9 Å². The van der Waals surface area contributed by atoms with Crippen molar-refractivity contribution in [2.75, 3.05) is 43.4 Å². The van der Waals surface area contributed by atoms with Crippen molar-refractivity contribution in [1.82, 2.24) is 0 Å². The van der Waals surface area contributed by atoms with Crippen molar-refractivity contribution in [1.29, 1.82) is 0 Å². The monoisotopic (exact) mass is 348 g/mol. The average Bonchev–Trinajstić information content (AvgIpc) is 2.56. The van der Waals surface area contributed by atoms with E-state index in [1.54, 1.807) is 12.1 Å². The van der Waals surface area contributed by atoms with Crippen LogP contribution in [-0.2, 0) is 0 Å². The van der Waals surface area contributed by atoms with Crippen molar-refractivity contribution in [3.63, 3.8) is 0 Å². The molecule has 0 aromatic heterocycles. The molecule has 1 aliphatic rings. The molecular weight excluding hydrogens is 329 g/mol. The zero-order valence-corrected chi connectivity index (χ0v) is 14.2. The highest BCUT2D eigenvalue weighted by Gasteiger charge is 2.20. The molecular formula is C18H20ClFN3O+. The molecule has 0 saturated carbocycles. The van der Waals surface area contributed by atoms with Gasteiger partial charge in [0.2, 0.25) is 0 Å². The van der Waals surface area contributed by atoms with Crippen LogP contribution < -0.4 is 15.1 Å². The van der Waals surface area contributed by atoms with Gasteiger partial charge in [-0.1, -0.05) is 17.7 Å². The lowest BCUT2D eigenvalue weighted by Crippen LogP contribution is -3.12. The van der Waals surface area contributed by atoms with Crippen LogP contribution in [0.2, 0.25) is 5.02 Å². The third-order valence-corrected chi connectivity index (χ3v) is 4.49. The van der Waals surface area contributed by atoms with E-state index in [-0.39, 0.29) is 11.5 Å². The minimum atomic E-state index is -0.434. The number of carbonyl (C=O) groups excluding carboxylic acids is 1. The predicted octanol–water partition coefficient (Wildman–Crippen LogP) is 2.07. The molecule has 126 valence electrons. The van der Waals surface area contributed by atoms with Gasteiger partial charge in [-0.05, 0) is 36.4 Å². The summed E-state index contributed by atoms with van der Waals surface area (Å²) in [6, 6.07) is 11.1. The lowest BCUT2D eigenvalue weighted by Gasteiger charge is -2.33. The topological polar surface area (TPSA) is 36.8 Å². The number of halogens is 2. The molecule has 1 aliphatic heterocycles. The maximum Gasteiger partial charge on any atom is 0.255 e. The van der Waals surface area contributed by atoms with E-state index in [9.17, 15) is 9.18 Å². The minimum absolute atomic E-state index is 0.281. The van der Waals surface area contributed by atoms with Gasteiger partial charge in [0, 0.05) is 10.6 Å². The molecule has 0 atom stereocenters. The molecule has 3 rings (SSSR count). The number of benzene rings is 2. The van der Waals surface area contributed by atoms with Gasteiger partial charge in [0.25, 0.3) is 5.91 Å². The number of carbonyl (C=O) groups is 1. The molecule has 1 fully saturated rings. The number of nitrogens with one attached hydrogen (secondary N) is 2. The first-order valence-electron chi connectivity index (χ1n) is 7.95. The number of nitrogens with zero attached hydrogens (tertiary/aromatic N) is 1. The van der Waals surface area contributed by atoms with Gasteiger partial charge < -0.3 is 15.1 Å². The molecule has 2 aromatic carbocycles. The number of hydrogen-bond donors (Lipinski definition) is 2. The Balaban J connectivity index is 1.84. The minimum Gasteiger partial charge on any atom is -0.359 e. The lowest BCUT2D eigenvalue weighted by molar-refractivity contribution is -0.880. The molecule has 1 saturated heterocycles. The summed E-state index contributed by atoms with van der Waals surface area (Å²) in [6.07, 6.45) is 0. The highest BCUT2D eigenvalue weighted by atomic mass is 35.5. The fourth-order valence-corrected chi connectivity index (χ4v) is 3.01. The Bertz CT molecular complexity index is 745. The van der Waals surface area contributed by atoms with Crippen LogP contribution in [0.25, 0.3) is 0 Å². The lowest BCUT2D eigenvalue weighted by atomic mass is 10.1. The summed E-state index contributed by atoms with van der Waals surface area (Å²) in [5.74, 6) is -0.784. The second-order valence-electron chi connectivity index (χ2n) is 6.07. The number of amides is 1. The maximum absolute atomic E-state index is 13.3. The maximum atomic E-state index is 13.3. The van der Waals surface area contributed by atoms with Gasteiger partial charge in [-0.15, -0.1) is 0 Å². The summed E-state index contributed by atoms with van der Waals surface area (Å²) < 4.78 is 13.3. The largest absolute Gasteiger partial charge is 0.359 e. The first kappa shape index (κ1) is 16.7. The zero-order chi connectivity index (χ0) is 17.1. The first-order valence-corrected chi connectivity index (χ1v) is 8.33. The fraction of sp³-hybridized carbons (Fsp3) is 0.278. The Kier molecular flexibility index (Phi) is 5.02. The summed E-state index contributed by atoms with van der Waals surface area (Å²) in [7, 11) is 2.17. The van der Waals surface area contributed by atoms with Crippen LogP contribution in [0.5, 0.6) is 0 Å². The van der Waals surface area contributed by atoms with Gasteiger partial charge in [-0.2, -0.15) is 0 Å². The average molecular weight is 349 g/mol. The van der Waals surface area contributed by atoms with Crippen LogP contribution in [0.3, 0.4) is 0 Å². The molecule has 0 aliphatic carbocycles. The van der Waals surface area contributed by atoms with Crippen LogP contribution in [0.4, 0.5) is 15.8 Å². The van der Waals surface area contributed by atoms with E-state index in [2.05, 4.69) is 17.3 Å². The van der Waals surface area contributed by atoms with E-state index in [0.29, 0.717) is 10.7 Å². The van der Waals surface area contributed by atoms with Crippen molar-refractivity contribution in [2.24, 2.45) is 0 Å². The van der Waals surface area contributed by atoms with Gasteiger partial charge in [0.1, 0.15) is 5.82 Å². The highest BCUT2D eigenvalue weighted by molar-refractivity contribution is 6.31. The number of piperazine rings is 1. The highest BCUT2D eigenvalue weighted by Crippen LogP contribution is 2.29. The number of hydrogen-bond acceptors (Lipinski definition) is 2. The van der Waals surface area contributed by atoms with Gasteiger partial charge in [0.15, 0.2) is 0 Å². The van der Waals surface area contributed by atoms with Gasteiger partial charge in [-0.3, -0.25) is 4.79 Å². The van der Waals surface area contributed by atoms with E-state index in [0.717, 1.165) is 31.9 Å². The quantitative estimate of drug-likeness (QED) is 0.891. The van der Waals surface area contributed by atoms with E-state index < -0.39 is 5.82 Å². The molecule has 1 heterocycles. The Morgan fingerprint density at radius 2 is 1.96 bits per heavy atom. The molecule has 0 spiro atoms. The summed E-state index contributed by atoms with van der Waals surface area (Å²) >= 11 is 6.10. The Morgan fingerprint density at radius 3 is 2.67 bits per heavy atom. The molecule has 0 bridgehead atoms. The fourth-order valence-electron chi connectivity index (χ4n) is 2.84. The molecule has 6 heteroatoms. The second-order valence-corrected chi connectivity index (χ2v) is 6.51. The molecule has 0 radical (unpaired) electrons. The van der Waals surface area contributed by atoms with E-state index in [1.165, 1.54) is 23.1 Å². The van der Waals surface area contributed by atoms with Crippen molar-refractivity contribution in [2.45, 2.75) is 0 Å². The third-order valence-electron chi connectivity index (χ3n) is 4.25.